The molecule has 1 saturated heterocycles. The Morgan fingerprint density at radius 1 is 0.958 bits per heavy atom. The van der Waals surface area contributed by atoms with Gasteiger partial charge >= 0.3 is 6.09 Å². The molecule has 7 heteroatoms. The lowest BCUT2D eigenvalue weighted by molar-refractivity contribution is -0.130. The summed E-state index contributed by atoms with van der Waals surface area (Å²) >= 11 is 0. The van der Waals surface area contributed by atoms with Gasteiger partial charge in [-0.15, -0.1) is 0 Å². The van der Waals surface area contributed by atoms with E-state index in [0.29, 0.717) is 13.0 Å². The fourth-order valence-corrected chi connectivity index (χ4v) is 2.77. The van der Waals surface area contributed by atoms with E-state index >= 15 is 0 Å². The summed E-state index contributed by atoms with van der Waals surface area (Å²) in [5, 5.41) is 5.42. The molecule has 4 N–H and O–H groups in total. The standard InChI is InChI=1S/C17H31N3O4/c18-17(23)24-13-14-16(22)19-12-10-8-6-4-2-1-3-5-7-9-11-15(21)20-14/h14H,1-13H2,(H2,18,23)(H,19,22)(H,20,21)/t14-/m0/s1. The van der Waals surface area contributed by atoms with Gasteiger partial charge in [0.1, 0.15) is 12.6 Å². The number of primary amides is 1. The number of ether oxygens (including phenoxy) is 1. The number of carbonyl (C=O) groups is 3. The second-order valence-corrected chi connectivity index (χ2v) is 6.33. The Hall–Kier alpha value is -1.79. The molecular formula is C17H31N3O4. The van der Waals surface area contributed by atoms with E-state index in [4.69, 9.17) is 5.73 Å². The van der Waals surface area contributed by atoms with Crippen molar-refractivity contribution in [2.75, 3.05) is 13.2 Å². The molecule has 0 spiro atoms. The fourth-order valence-electron chi connectivity index (χ4n) is 2.77. The highest BCUT2D eigenvalue weighted by Gasteiger charge is 2.21. The van der Waals surface area contributed by atoms with Gasteiger partial charge in [-0.25, -0.2) is 4.79 Å². The van der Waals surface area contributed by atoms with E-state index in [1.807, 2.05) is 0 Å². The second-order valence-electron chi connectivity index (χ2n) is 6.33. The first kappa shape index (κ1) is 20.3. The van der Waals surface area contributed by atoms with Crippen molar-refractivity contribution in [3.05, 3.63) is 0 Å². The molecule has 24 heavy (non-hydrogen) atoms. The molecule has 0 aliphatic carbocycles. The zero-order chi connectivity index (χ0) is 17.6. The van der Waals surface area contributed by atoms with Crippen LogP contribution in [0.15, 0.2) is 0 Å². The van der Waals surface area contributed by atoms with Crippen LogP contribution in [0.4, 0.5) is 4.79 Å². The van der Waals surface area contributed by atoms with Crippen molar-refractivity contribution in [1.29, 1.82) is 0 Å². The molecule has 0 radical (unpaired) electrons. The van der Waals surface area contributed by atoms with Crippen LogP contribution in [-0.2, 0) is 14.3 Å². The minimum Gasteiger partial charge on any atom is -0.447 e. The number of rotatable bonds is 2. The molecule has 0 saturated carbocycles. The van der Waals surface area contributed by atoms with Crippen LogP contribution >= 0.6 is 0 Å². The highest BCUT2D eigenvalue weighted by molar-refractivity contribution is 5.87. The zero-order valence-corrected chi connectivity index (χ0v) is 14.5. The van der Waals surface area contributed by atoms with Gasteiger partial charge in [0.05, 0.1) is 0 Å². The number of nitrogens with two attached hydrogens (primary N) is 1. The Morgan fingerprint density at radius 3 is 2.08 bits per heavy atom. The Balaban J connectivity index is 2.52. The highest BCUT2D eigenvalue weighted by atomic mass is 16.5. The predicted molar refractivity (Wildman–Crippen MR) is 91.3 cm³/mol. The van der Waals surface area contributed by atoms with Gasteiger partial charge in [-0.1, -0.05) is 51.4 Å². The molecule has 3 amide bonds. The maximum absolute atomic E-state index is 12.2. The van der Waals surface area contributed by atoms with Gasteiger partial charge in [0.25, 0.3) is 0 Å². The van der Waals surface area contributed by atoms with Crippen molar-refractivity contribution in [1.82, 2.24) is 10.6 Å². The molecule has 1 fully saturated rings. The lowest BCUT2D eigenvalue weighted by atomic mass is 10.1. The monoisotopic (exact) mass is 341 g/mol. The fraction of sp³-hybridized carbons (Fsp3) is 0.824. The third kappa shape index (κ3) is 10.1. The van der Waals surface area contributed by atoms with Crippen molar-refractivity contribution in [2.45, 2.75) is 76.7 Å². The molecule has 0 aromatic rings. The van der Waals surface area contributed by atoms with Crippen molar-refractivity contribution in [2.24, 2.45) is 5.73 Å². The molecule has 1 heterocycles. The number of carbonyl (C=O) groups excluding carboxylic acids is 3. The number of amides is 3. The minimum atomic E-state index is -0.958. The summed E-state index contributed by atoms with van der Waals surface area (Å²) in [6.07, 6.45) is 10.5. The lowest BCUT2D eigenvalue weighted by Crippen LogP contribution is -2.50. The van der Waals surface area contributed by atoms with E-state index in [2.05, 4.69) is 15.4 Å². The van der Waals surface area contributed by atoms with Crippen LogP contribution in [0.1, 0.15) is 70.6 Å². The van der Waals surface area contributed by atoms with Crippen molar-refractivity contribution in [3.63, 3.8) is 0 Å². The summed E-state index contributed by atoms with van der Waals surface area (Å²) in [7, 11) is 0. The van der Waals surface area contributed by atoms with Crippen LogP contribution in [-0.4, -0.2) is 37.1 Å². The minimum absolute atomic E-state index is 0.201. The lowest BCUT2D eigenvalue weighted by Gasteiger charge is -2.18. The van der Waals surface area contributed by atoms with Crippen LogP contribution in [0.25, 0.3) is 0 Å². The van der Waals surface area contributed by atoms with E-state index in [-0.39, 0.29) is 18.4 Å². The summed E-state index contributed by atoms with van der Waals surface area (Å²) in [4.78, 5) is 34.9. The Bertz CT molecular complexity index is 401. The van der Waals surface area contributed by atoms with Gasteiger partial charge in [0.15, 0.2) is 0 Å². The van der Waals surface area contributed by atoms with Crippen molar-refractivity contribution in [3.8, 4) is 0 Å². The molecule has 1 aliphatic rings. The first-order valence-corrected chi connectivity index (χ1v) is 9.09. The normalized spacial score (nSPS) is 22.8. The largest absolute Gasteiger partial charge is 0.447 e. The van der Waals surface area contributed by atoms with Crippen LogP contribution < -0.4 is 16.4 Å². The first-order valence-electron chi connectivity index (χ1n) is 9.09. The summed E-state index contributed by atoms with van der Waals surface area (Å²) < 4.78 is 4.69. The summed E-state index contributed by atoms with van der Waals surface area (Å²) in [5.41, 5.74) is 4.94. The molecular weight excluding hydrogens is 310 g/mol. The van der Waals surface area contributed by atoms with E-state index in [1.54, 1.807) is 0 Å². The number of nitrogens with one attached hydrogen (secondary N) is 2. The summed E-state index contributed by atoms with van der Waals surface area (Å²) in [6.45, 7) is 0.314. The third-order valence-corrected chi connectivity index (χ3v) is 4.17. The Labute approximate surface area is 144 Å². The van der Waals surface area contributed by atoms with Crippen LogP contribution in [0.3, 0.4) is 0 Å². The van der Waals surface area contributed by atoms with E-state index in [1.165, 1.54) is 32.1 Å². The number of hydrogen-bond acceptors (Lipinski definition) is 4. The SMILES string of the molecule is NC(=O)OC[C@@H]1NC(=O)CCCCCCCCCCCCNC1=O. The number of hydrogen-bond donors (Lipinski definition) is 3. The zero-order valence-electron chi connectivity index (χ0n) is 14.5. The molecule has 1 atom stereocenters. The maximum Gasteiger partial charge on any atom is 0.404 e. The van der Waals surface area contributed by atoms with Gasteiger partial charge in [-0.05, 0) is 12.8 Å². The summed E-state index contributed by atoms with van der Waals surface area (Å²) in [5.74, 6) is -0.540. The van der Waals surface area contributed by atoms with Gasteiger partial charge in [0, 0.05) is 13.0 Å². The van der Waals surface area contributed by atoms with Crippen molar-refractivity contribution >= 4 is 17.9 Å². The molecule has 0 bridgehead atoms. The van der Waals surface area contributed by atoms with Gasteiger partial charge in [-0.3, -0.25) is 9.59 Å². The van der Waals surface area contributed by atoms with E-state index < -0.39 is 12.1 Å². The first-order chi connectivity index (χ1) is 11.6. The van der Waals surface area contributed by atoms with Gasteiger partial charge in [0.2, 0.25) is 11.8 Å². The maximum atomic E-state index is 12.2. The quantitative estimate of drug-likeness (QED) is 0.713. The topological polar surface area (TPSA) is 111 Å². The van der Waals surface area contributed by atoms with Crippen LogP contribution in [0.2, 0.25) is 0 Å². The molecule has 138 valence electrons. The third-order valence-electron chi connectivity index (χ3n) is 4.17. The molecule has 1 aliphatic heterocycles. The van der Waals surface area contributed by atoms with E-state index in [9.17, 15) is 14.4 Å². The molecule has 7 nitrogen and oxygen atoms in total. The van der Waals surface area contributed by atoms with Crippen LogP contribution in [0, 0.1) is 0 Å². The molecule has 0 unspecified atom stereocenters. The average molecular weight is 341 g/mol. The van der Waals surface area contributed by atoms with E-state index in [0.717, 1.165) is 32.1 Å². The van der Waals surface area contributed by atoms with Gasteiger partial charge in [-0.2, -0.15) is 0 Å². The highest BCUT2D eigenvalue weighted by Crippen LogP contribution is 2.11. The summed E-state index contributed by atoms with van der Waals surface area (Å²) in [6, 6.07) is -0.888. The Kier molecular flexibility index (Phi) is 10.6. The molecule has 0 aromatic heterocycles. The van der Waals surface area contributed by atoms with Crippen molar-refractivity contribution < 1.29 is 19.1 Å². The Morgan fingerprint density at radius 2 is 1.50 bits per heavy atom. The predicted octanol–water partition coefficient (Wildman–Crippen LogP) is 1.99. The second kappa shape index (κ2) is 12.6. The van der Waals surface area contributed by atoms with Gasteiger partial charge < -0.3 is 21.1 Å². The molecule has 1 rings (SSSR count). The average Bonchev–Trinajstić information content (AvgIpc) is 2.54. The molecule has 0 aromatic carbocycles. The smallest absolute Gasteiger partial charge is 0.404 e. The van der Waals surface area contributed by atoms with Crippen LogP contribution in [0.5, 0.6) is 0 Å².